The minimum atomic E-state index is -2.53. The molecule has 0 aliphatic heterocycles. The molecule has 0 heterocycles. The summed E-state index contributed by atoms with van der Waals surface area (Å²) in [5, 5.41) is -0.0780. The van der Waals surface area contributed by atoms with Crippen molar-refractivity contribution < 1.29 is 0 Å². The average Bonchev–Trinajstić information content (AvgIpc) is 1.96. The zero-order chi connectivity index (χ0) is 10.5. The second-order valence-electron chi connectivity index (χ2n) is 4.19. The highest BCUT2D eigenvalue weighted by molar-refractivity contribution is 7.65. The molecule has 0 radical (unpaired) electrons. The molecule has 0 bridgehead atoms. The minimum absolute atomic E-state index is 0.0780. The molecule has 0 unspecified atom stereocenters. The molecule has 0 aromatic rings. The lowest BCUT2D eigenvalue weighted by molar-refractivity contribution is 0.536. The number of unbranched alkanes of at least 4 members (excludes halogenated alkanes) is 3. The zero-order valence-electron chi connectivity index (χ0n) is 8.67. The Balaban J connectivity index is 3.77. The van der Waals surface area contributed by atoms with Crippen LogP contribution in [0, 0.1) is 0 Å². The summed E-state index contributed by atoms with van der Waals surface area (Å²) in [6, 6.07) is -2.53. The molecule has 13 heavy (non-hydrogen) atoms. The zero-order valence-corrected chi connectivity index (χ0v) is 11.9. The SMILES string of the molecule is CCCCCCC(C)(C)[Si](Cl)(Cl)Cl. The van der Waals surface area contributed by atoms with Gasteiger partial charge in [0, 0.05) is 5.04 Å². The van der Waals surface area contributed by atoms with E-state index in [1.54, 1.807) is 0 Å². The standard InChI is InChI=1S/C9H19Cl3Si/c1-4-5-6-7-8-9(2,3)13(10,11)12/h4-8H2,1-3H3. The summed E-state index contributed by atoms with van der Waals surface area (Å²) in [4.78, 5) is 0. The van der Waals surface area contributed by atoms with E-state index in [0.717, 1.165) is 6.42 Å². The summed E-state index contributed by atoms with van der Waals surface area (Å²) in [5.41, 5.74) is 0. The Hall–Kier alpha value is 1.09. The minimum Gasteiger partial charge on any atom is -0.125 e. The van der Waals surface area contributed by atoms with Gasteiger partial charge in [-0.25, -0.2) is 0 Å². The van der Waals surface area contributed by atoms with Crippen LogP contribution >= 0.6 is 33.2 Å². The Bertz CT molecular complexity index is 140. The van der Waals surface area contributed by atoms with E-state index in [9.17, 15) is 0 Å². The molecule has 0 aliphatic rings. The highest BCUT2D eigenvalue weighted by Gasteiger charge is 2.43. The van der Waals surface area contributed by atoms with Crippen LogP contribution in [0.15, 0.2) is 0 Å². The molecule has 0 aromatic heterocycles. The second-order valence-corrected chi connectivity index (χ2v) is 13.4. The van der Waals surface area contributed by atoms with Crippen LogP contribution < -0.4 is 0 Å². The highest BCUT2D eigenvalue weighted by atomic mass is 35.8. The first-order chi connectivity index (χ1) is 5.81. The van der Waals surface area contributed by atoms with Gasteiger partial charge >= 0.3 is 6.00 Å². The van der Waals surface area contributed by atoms with Crippen molar-refractivity contribution in [2.75, 3.05) is 0 Å². The van der Waals surface area contributed by atoms with Crippen LogP contribution in [0.2, 0.25) is 5.04 Å². The topological polar surface area (TPSA) is 0 Å². The predicted octanol–water partition coefficient (Wildman–Crippen LogP) is 5.39. The lowest BCUT2D eigenvalue weighted by Crippen LogP contribution is -2.27. The monoisotopic (exact) mass is 260 g/mol. The molecule has 0 aliphatic carbocycles. The summed E-state index contributed by atoms with van der Waals surface area (Å²) >= 11 is 18.0. The molecule has 0 rings (SSSR count). The fraction of sp³-hybridized carbons (Fsp3) is 1.00. The number of hydrogen-bond acceptors (Lipinski definition) is 0. The Morgan fingerprint density at radius 2 is 1.54 bits per heavy atom. The molecule has 80 valence electrons. The van der Waals surface area contributed by atoms with Crippen LogP contribution in [0.25, 0.3) is 0 Å². The molecule has 0 fully saturated rings. The largest absolute Gasteiger partial charge is 0.346 e. The van der Waals surface area contributed by atoms with Gasteiger partial charge in [-0.2, -0.15) is 0 Å². The van der Waals surface area contributed by atoms with E-state index >= 15 is 0 Å². The molecular formula is C9H19Cl3Si. The summed E-state index contributed by atoms with van der Waals surface area (Å²) < 4.78 is 0. The Kier molecular flexibility index (Phi) is 6.33. The Morgan fingerprint density at radius 3 is 1.92 bits per heavy atom. The van der Waals surface area contributed by atoms with Crippen molar-refractivity contribution in [1.29, 1.82) is 0 Å². The third kappa shape index (κ3) is 5.51. The molecule has 0 aromatic carbocycles. The van der Waals surface area contributed by atoms with Gasteiger partial charge in [-0.3, -0.25) is 0 Å². The molecule has 4 heteroatoms. The summed E-state index contributed by atoms with van der Waals surface area (Å²) in [6.07, 6.45) is 6.02. The molecule has 0 saturated carbocycles. The van der Waals surface area contributed by atoms with Crippen molar-refractivity contribution in [2.24, 2.45) is 0 Å². The Labute approximate surface area is 97.1 Å². The third-order valence-electron chi connectivity index (χ3n) is 2.42. The van der Waals surface area contributed by atoms with E-state index in [1.807, 2.05) is 0 Å². The van der Waals surface area contributed by atoms with E-state index in [4.69, 9.17) is 33.2 Å². The molecule has 0 saturated heterocycles. The van der Waals surface area contributed by atoms with Crippen molar-refractivity contribution in [3.05, 3.63) is 0 Å². The van der Waals surface area contributed by atoms with Gasteiger partial charge in [-0.15, -0.1) is 33.2 Å². The number of halogens is 3. The van der Waals surface area contributed by atoms with Gasteiger partial charge in [-0.05, 0) is 6.42 Å². The Morgan fingerprint density at radius 1 is 1.00 bits per heavy atom. The van der Waals surface area contributed by atoms with Gasteiger partial charge in [0.05, 0.1) is 0 Å². The summed E-state index contributed by atoms with van der Waals surface area (Å²) in [7, 11) is 0. The normalized spacial score (nSPS) is 13.4. The smallest absolute Gasteiger partial charge is 0.125 e. The quantitative estimate of drug-likeness (QED) is 0.341. The van der Waals surface area contributed by atoms with E-state index in [1.165, 1.54) is 25.7 Å². The van der Waals surface area contributed by atoms with Crippen molar-refractivity contribution in [3.8, 4) is 0 Å². The summed E-state index contributed by atoms with van der Waals surface area (Å²) in [5.74, 6) is 0. The van der Waals surface area contributed by atoms with E-state index < -0.39 is 6.00 Å². The van der Waals surface area contributed by atoms with Gasteiger partial charge < -0.3 is 0 Å². The highest BCUT2D eigenvalue weighted by Crippen LogP contribution is 2.49. The third-order valence-corrected chi connectivity index (χ3v) is 8.81. The fourth-order valence-corrected chi connectivity index (χ4v) is 2.45. The first-order valence-corrected chi connectivity index (χ1v) is 9.91. The van der Waals surface area contributed by atoms with Crippen molar-refractivity contribution in [3.63, 3.8) is 0 Å². The van der Waals surface area contributed by atoms with Crippen LogP contribution in [-0.2, 0) is 0 Å². The number of rotatable bonds is 6. The van der Waals surface area contributed by atoms with Crippen molar-refractivity contribution in [1.82, 2.24) is 0 Å². The average molecular weight is 262 g/mol. The molecule has 0 N–H and O–H groups in total. The van der Waals surface area contributed by atoms with Crippen LogP contribution in [-0.4, -0.2) is 6.00 Å². The maximum absolute atomic E-state index is 6.01. The van der Waals surface area contributed by atoms with Crippen LogP contribution in [0.5, 0.6) is 0 Å². The predicted molar refractivity (Wildman–Crippen MR) is 66.1 cm³/mol. The van der Waals surface area contributed by atoms with E-state index in [-0.39, 0.29) is 5.04 Å². The first-order valence-electron chi connectivity index (χ1n) is 4.88. The fourth-order valence-electron chi connectivity index (χ4n) is 1.14. The van der Waals surface area contributed by atoms with Gasteiger partial charge in [0.25, 0.3) is 0 Å². The lowest BCUT2D eigenvalue weighted by atomic mass is 10.0. The molecule has 0 spiro atoms. The molecule has 0 nitrogen and oxygen atoms in total. The lowest BCUT2D eigenvalue weighted by Gasteiger charge is -2.30. The van der Waals surface area contributed by atoms with Crippen molar-refractivity contribution in [2.45, 2.75) is 57.9 Å². The molecule has 0 atom stereocenters. The molecular weight excluding hydrogens is 243 g/mol. The van der Waals surface area contributed by atoms with Gasteiger partial charge in [0.15, 0.2) is 0 Å². The van der Waals surface area contributed by atoms with Crippen LogP contribution in [0.4, 0.5) is 0 Å². The first kappa shape index (κ1) is 14.1. The van der Waals surface area contributed by atoms with Gasteiger partial charge in [0.2, 0.25) is 0 Å². The van der Waals surface area contributed by atoms with Crippen molar-refractivity contribution >= 4 is 39.2 Å². The van der Waals surface area contributed by atoms with E-state index in [0.29, 0.717) is 0 Å². The summed E-state index contributed by atoms with van der Waals surface area (Å²) in [6.45, 7) is 6.34. The number of hydrogen-bond donors (Lipinski definition) is 0. The second kappa shape index (κ2) is 5.84. The van der Waals surface area contributed by atoms with Crippen LogP contribution in [0.3, 0.4) is 0 Å². The molecule has 0 amide bonds. The maximum Gasteiger partial charge on any atom is 0.346 e. The van der Waals surface area contributed by atoms with Gasteiger partial charge in [0.1, 0.15) is 0 Å². The van der Waals surface area contributed by atoms with Crippen LogP contribution in [0.1, 0.15) is 52.9 Å². The van der Waals surface area contributed by atoms with E-state index in [2.05, 4.69) is 20.8 Å². The maximum atomic E-state index is 6.01. The van der Waals surface area contributed by atoms with Gasteiger partial charge in [-0.1, -0.05) is 46.5 Å².